The minimum absolute atomic E-state index is 0.0192. The molecule has 0 amide bonds. The normalized spacial score (nSPS) is 12.4. The molecular weight excluding hydrogens is 238 g/mol. The minimum Gasteiger partial charge on any atom is -0.321 e. The Morgan fingerprint density at radius 1 is 1.43 bits per heavy atom. The Bertz CT molecular complexity index is 351. The molecule has 1 aromatic rings. The van der Waals surface area contributed by atoms with Crippen LogP contribution in [0.15, 0.2) is 34.3 Å². The lowest BCUT2D eigenvalue weighted by atomic mass is 10.0. The molecule has 0 fully saturated rings. The first-order valence-electron chi connectivity index (χ1n) is 4.68. The molecule has 2 heteroatoms. The molecule has 1 rings (SSSR count). The van der Waals surface area contributed by atoms with E-state index in [4.69, 9.17) is 5.73 Å². The summed E-state index contributed by atoms with van der Waals surface area (Å²) in [6.45, 7) is 6.19. The summed E-state index contributed by atoms with van der Waals surface area (Å²) in [7, 11) is 0. The highest BCUT2D eigenvalue weighted by atomic mass is 79.9. The Morgan fingerprint density at radius 2 is 2.07 bits per heavy atom. The number of rotatable bonds is 2. The Labute approximate surface area is 94.1 Å². The van der Waals surface area contributed by atoms with Crippen molar-refractivity contribution in [3.8, 4) is 0 Å². The van der Waals surface area contributed by atoms with Gasteiger partial charge in [0.2, 0.25) is 0 Å². The molecule has 1 aromatic carbocycles. The fourth-order valence-electron chi connectivity index (χ4n) is 1.38. The standard InChI is InChI=1S/C12H16BrN/c1-8(2)7-11(14)10-6-4-5-9(3)12(10)13/h4-7,11H,14H2,1-3H3. The number of hydrogen-bond donors (Lipinski definition) is 1. The molecule has 1 unspecified atom stereocenters. The summed E-state index contributed by atoms with van der Waals surface area (Å²) in [5.41, 5.74) is 9.67. The Morgan fingerprint density at radius 3 is 2.64 bits per heavy atom. The van der Waals surface area contributed by atoms with Gasteiger partial charge in [-0.2, -0.15) is 0 Å². The highest BCUT2D eigenvalue weighted by Crippen LogP contribution is 2.26. The van der Waals surface area contributed by atoms with Crippen molar-refractivity contribution in [3.05, 3.63) is 45.4 Å². The van der Waals surface area contributed by atoms with Crippen molar-refractivity contribution in [2.75, 3.05) is 0 Å². The van der Waals surface area contributed by atoms with Gasteiger partial charge in [0.1, 0.15) is 0 Å². The molecule has 0 bridgehead atoms. The van der Waals surface area contributed by atoms with Crippen LogP contribution in [-0.2, 0) is 0 Å². The summed E-state index contributed by atoms with van der Waals surface area (Å²) in [6.07, 6.45) is 2.07. The lowest BCUT2D eigenvalue weighted by molar-refractivity contribution is 0.890. The second kappa shape index (κ2) is 4.76. The van der Waals surface area contributed by atoms with E-state index in [2.05, 4.69) is 54.9 Å². The van der Waals surface area contributed by atoms with Crippen molar-refractivity contribution >= 4 is 15.9 Å². The first-order valence-corrected chi connectivity index (χ1v) is 5.47. The summed E-state index contributed by atoms with van der Waals surface area (Å²) in [5, 5.41) is 0. The van der Waals surface area contributed by atoms with Gasteiger partial charge in [0.15, 0.2) is 0 Å². The molecule has 0 spiro atoms. The van der Waals surface area contributed by atoms with Gasteiger partial charge in [-0.05, 0) is 31.9 Å². The number of allylic oxidation sites excluding steroid dienone is 1. The zero-order valence-electron chi connectivity index (χ0n) is 8.84. The molecule has 0 aromatic heterocycles. The van der Waals surface area contributed by atoms with Gasteiger partial charge < -0.3 is 5.73 Å². The van der Waals surface area contributed by atoms with E-state index in [1.807, 2.05) is 6.07 Å². The summed E-state index contributed by atoms with van der Waals surface area (Å²) >= 11 is 3.56. The molecule has 14 heavy (non-hydrogen) atoms. The molecule has 2 N–H and O–H groups in total. The Kier molecular flexibility index (Phi) is 3.90. The number of benzene rings is 1. The SMILES string of the molecule is CC(C)=CC(N)c1cccc(C)c1Br. The van der Waals surface area contributed by atoms with Crippen LogP contribution in [0.5, 0.6) is 0 Å². The topological polar surface area (TPSA) is 26.0 Å². The van der Waals surface area contributed by atoms with Gasteiger partial charge in [-0.25, -0.2) is 0 Å². The van der Waals surface area contributed by atoms with Crippen LogP contribution in [0.1, 0.15) is 31.0 Å². The van der Waals surface area contributed by atoms with Gasteiger partial charge >= 0.3 is 0 Å². The average Bonchev–Trinajstić information content (AvgIpc) is 2.08. The van der Waals surface area contributed by atoms with Crippen LogP contribution >= 0.6 is 15.9 Å². The maximum atomic E-state index is 6.06. The zero-order chi connectivity index (χ0) is 10.7. The molecular formula is C12H16BrN. The smallest absolute Gasteiger partial charge is 0.0494 e. The minimum atomic E-state index is -0.0192. The van der Waals surface area contributed by atoms with E-state index in [0.717, 1.165) is 10.0 Å². The van der Waals surface area contributed by atoms with E-state index in [-0.39, 0.29) is 6.04 Å². The molecule has 0 aliphatic heterocycles. The molecule has 0 heterocycles. The van der Waals surface area contributed by atoms with Crippen molar-refractivity contribution in [3.63, 3.8) is 0 Å². The summed E-state index contributed by atoms with van der Waals surface area (Å²) in [4.78, 5) is 0. The molecule has 1 atom stereocenters. The predicted molar refractivity (Wildman–Crippen MR) is 65.2 cm³/mol. The van der Waals surface area contributed by atoms with Crippen molar-refractivity contribution in [2.24, 2.45) is 5.73 Å². The van der Waals surface area contributed by atoms with Crippen LogP contribution in [0, 0.1) is 6.92 Å². The van der Waals surface area contributed by atoms with E-state index < -0.39 is 0 Å². The maximum Gasteiger partial charge on any atom is 0.0494 e. The van der Waals surface area contributed by atoms with E-state index in [1.54, 1.807) is 0 Å². The number of nitrogens with two attached hydrogens (primary N) is 1. The highest BCUT2D eigenvalue weighted by Gasteiger charge is 2.07. The number of halogens is 1. The summed E-state index contributed by atoms with van der Waals surface area (Å²) < 4.78 is 1.12. The third-order valence-corrected chi connectivity index (χ3v) is 3.18. The summed E-state index contributed by atoms with van der Waals surface area (Å²) in [5.74, 6) is 0. The van der Waals surface area contributed by atoms with Gasteiger partial charge in [-0.1, -0.05) is 45.8 Å². The number of aryl methyl sites for hydroxylation is 1. The largest absolute Gasteiger partial charge is 0.321 e. The van der Waals surface area contributed by atoms with Crippen LogP contribution in [0.3, 0.4) is 0 Å². The van der Waals surface area contributed by atoms with Crippen LogP contribution in [-0.4, -0.2) is 0 Å². The van der Waals surface area contributed by atoms with Gasteiger partial charge in [-0.3, -0.25) is 0 Å². The van der Waals surface area contributed by atoms with Crippen LogP contribution in [0.4, 0.5) is 0 Å². The van der Waals surface area contributed by atoms with Crippen LogP contribution in [0.2, 0.25) is 0 Å². The molecule has 0 saturated heterocycles. The van der Waals surface area contributed by atoms with Gasteiger partial charge in [-0.15, -0.1) is 0 Å². The van der Waals surface area contributed by atoms with Gasteiger partial charge in [0.25, 0.3) is 0 Å². The van der Waals surface area contributed by atoms with E-state index >= 15 is 0 Å². The van der Waals surface area contributed by atoms with Gasteiger partial charge in [0.05, 0.1) is 0 Å². The van der Waals surface area contributed by atoms with Gasteiger partial charge in [0, 0.05) is 10.5 Å². The van der Waals surface area contributed by atoms with Crippen LogP contribution < -0.4 is 5.73 Å². The van der Waals surface area contributed by atoms with E-state index in [1.165, 1.54) is 11.1 Å². The molecule has 0 aliphatic rings. The molecule has 1 nitrogen and oxygen atoms in total. The maximum absolute atomic E-state index is 6.06. The first kappa shape index (κ1) is 11.5. The molecule has 76 valence electrons. The second-order valence-corrected chi connectivity index (χ2v) is 4.54. The van der Waals surface area contributed by atoms with Crippen molar-refractivity contribution in [1.82, 2.24) is 0 Å². The van der Waals surface area contributed by atoms with E-state index in [0.29, 0.717) is 0 Å². The zero-order valence-corrected chi connectivity index (χ0v) is 10.4. The highest BCUT2D eigenvalue weighted by molar-refractivity contribution is 9.10. The molecule has 0 saturated carbocycles. The monoisotopic (exact) mass is 253 g/mol. The fraction of sp³-hybridized carbons (Fsp3) is 0.333. The lowest BCUT2D eigenvalue weighted by Crippen LogP contribution is -2.08. The average molecular weight is 254 g/mol. The third-order valence-electron chi connectivity index (χ3n) is 2.09. The quantitative estimate of drug-likeness (QED) is 0.799. The van der Waals surface area contributed by atoms with E-state index in [9.17, 15) is 0 Å². The molecule has 0 radical (unpaired) electrons. The van der Waals surface area contributed by atoms with Crippen molar-refractivity contribution < 1.29 is 0 Å². The Balaban J connectivity index is 3.07. The lowest BCUT2D eigenvalue weighted by Gasteiger charge is -2.12. The van der Waals surface area contributed by atoms with Crippen molar-refractivity contribution in [2.45, 2.75) is 26.8 Å². The van der Waals surface area contributed by atoms with Crippen molar-refractivity contribution in [1.29, 1.82) is 0 Å². The second-order valence-electron chi connectivity index (χ2n) is 3.75. The third kappa shape index (κ3) is 2.69. The number of hydrogen-bond acceptors (Lipinski definition) is 1. The Hall–Kier alpha value is -0.600. The fourth-order valence-corrected chi connectivity index (χ4v) is 1.91. The predicted octanol–water partition coefficient (Wildman–Crippen LogP) is 3.72. The van der Waals surface area contributed by atoms with Crippen LogP contribution in [0.25, 0.3) is 0 Å². The summed E-state index contributed by atoms with van der Waals surface area (Å²) in [6, 6.07) is 6.15. The first-order chi connectivity index (χ1) is 6.52. The molecule has 0 aliphatic carbocycles.